The highest BCUT2D eigenvalue weighted by atomic mass is 32.1. The van der Waals surface area contributed by atoms with E-state index in [0.717, 1.165) is 0 Å². The molecule has 8 heavy (non-hydrogen) atoms. The van der Waals surface area contributed by atoms with Crippen LogP contribution < -0.4 is 5.32 Å². The van der Waals surface area contributed by atoms with Gasteiger partial charge in [-0.05, 0) is 12.2 Å². The third-order valence-electron chi connectivity index (χ3n) is 0.718. The lowest BCUT2D eigenvalue weighted by Crippen LogP contribution is -1.87. The number of allylic oxidation sites excluding steroid dienone is 4. The van der Waals surface area contributed by atoms with Crippen molar-refractivity contribution >= 4 is 13.5 Å². The molecule has 0 saturated heterocycles. The largest absolute Gasteiger partial charge is 0.368 e. The van der Waals surface area contributed by atoms with Gasteiger partial charge in [0.25, 0.3) is 0 Å². The molecule has 42 valence electrons. The zero-order valence-electron chi connectivity index (χ0n) is 4.37. The van der Waals surface area contributed by atoms with Gasteiger partial charge in [0.1, 0.15) is 0 Å². The maximum absolute atomic E-state index is 2.92. The molecule has 0 unspecified atom stereocenters. The van der Waals surface area contributed by atoms with Crippen molar-refractivity contribution in [2.24, 2.45) is 0 Å². The molecule has 1 heterocycles. The van der Waals surface area contributed by atoms with Crippen molar-refractivity contribution in [2.45, 2.75) is 0 Å². The first kappa shape index (κ1) is 7.37. The Hall–Kier alpha value is -0.630. The predicted octanol–water partition coefficient (Wildman–Crippen LogP) is 1.82. The normalized spacial score (nSPS) is 14.0. The van der Waals surface area contributed by atoms with Crippen LogP contribution in [0.25, 0.3) is 0 Å². The fourth-order valence-electron chi connectivity index (χ4n) is 0.406. The quantitative estimate of drug-likeness (QED) is 0.520. The lowest BCUT2D eigenvalue weighted by Gasteiger charge is -1.79. The molecule has 0 aliphatic carbocycles. The van der Waals surface area contributed by atoms with Crippen molar-refractivity contribution in [3.05, 3.63) is 36.7 Å². The van der Waals surface area contributed by atoms with Crippen molar-refractivity contribution in [1.29, 1.82) is 0 Å². The summed E-state index contributed by atoms with van der Waals surface area (Å²) in [4.78, 5) is 0. The van der Waals surface area contributed by atoms with Gasteiger partial charge in [0.2, 0.25) is 0 Å². The second kappa shape index (κ2) is 4.53. The van der Waals surface area contributed by atoms with E-state index in [1.165, 1.54) is 0 Å². The zero-order chi connectivity index (χ0) is 4.95. The van der Waals surface area contributed by atoms with Gasteiger partial charge in [-0.2, -0.15) is 0 Å². The molecule has 0 aromatic heterocycles. The number of nitrogens with one attached hydrogen (secondary N) is 1. The first-order chi connectivity index (χ1) is 3.50. The monoisotopic (exact) mass is 125 g/mol. The van der Waals surface area contributed by atoms with E-state index >= 15 is 0 Å². The smallest absolute Gasteiger partial charge is 0.000442 e. The topological polar surface area (TPSA) is 12.0 Å². The highest BCUT2D eigenvalue weighted by molar-refractivity contribution is 7.59. The maximum Gasteiger partial charge on any atom is 0.000442 e. The molecule has 0 spiro atoms. The molecule has 0 atom stereocenters. The number of hydrogen-bond acceptors (Lipinski definition) is 1. The summed E-state index contributed by atoms with van der Waals surface area (Å²) in [5.41, 5.74) is 0. The molecule has 1 rings (SSSR count). The van der Waals surface area contributed by atoms with E-state index in [2.05, 4.69) is 5.32 Å². The Morgan fingerprint density at radius 1 is 0.750 bits per heavy atom. The molecule has 0 aromatic rings. The van der Waals surface area contributed by atoms with Gasteiger partial charge in [-0.15, -0.1) is 0 Å². The predicted molar refractivity (Wildman–Crippen MR) is 38.1 cm³/mol. The first-order valence-corrected chi connectivity index (χ1v) is 2.24. The van der Waals surface area contributed by atoms with Gasteiger partial charge in [0, 0.05) is 25.9 Å². The van der Waals surface area contributed by atoms with Crippen LogP contribution in [0.4, 0.5) is 0 Å². The minimum Gasteiger partial charge on any atom is -0.368 e. The zero-order valence-corrected chi connectivity index (χ0v) is 5.19. The van der Waals surface area contributed by atoms with Crippen LogP contribution in [0.5, 0.6) is 0 Å². The number of hydrogen-bond donors (Lipinski definition) is 1. The lowest BCUT2D eigenvalue weighted by atomic mass is 10.5. The van der Waals surface area contributed by atoms with Crippen LogP contribution in [0.3, 0.4) is 0 Å². The van der Waals surface area contributed by atoms with Crippen LogP contribution in [0, 0.1) is 0 Å². The van der Waals surface area contributed by atoms with Crippen molar-refractivity contribution < 1.29 is 0 Å². The Kier molecular flexibility index (Phi) is 4.17. The van der Waals surface area contributed by atoms with Gasteiger partial charge in [0.15, 0.2) is 0 Å². The highest BCUT2D eigenvalue weighted by Crippen LogP contribution is 1.81. The Morgan fingerprint density at radius 3 is 1.75 bits per heavy atom. The SMILES string of the molecule is C1=CC=CNC=C1.[S]. The second-order valence-corrected chi connectivity index (χ2v) is 1.27. The summed E-state index contributed by atoms with van der Waals surface area (Å²) in [5, 5.41) is 2.92. The van der Waals surface area contributed by atoms with Crippen molar-refractivity contribution in [3.63, 3.8) is 0 Å². The summed E-state index contributed by atoms with van der Waals surface area (Å²) in [7, 11) is 0. The van der Waals surface area contributed by atoms with E-state index in [4.69, 9.17) is 0 Å². The standard InChI is InChI=1S/C6H7N.S/c1-2-4-6-7-5-3-1;/h1-7H;. The molecule has 0 amide bonds. The average Bonchev–Trinajstić information content (AvgIpc) is 1.90. The third-order valence-corrected chi connectivity index (χ3v) is 0.718. The van der Waals surface area contributed by atoms with Crippen molar-refractivity contribution in [1.82, 2.24) is 5.32 Å². The van der Waals surface area contributed by atoms with E-state index in [0.29, 0.717) is 0 Å². The molecular weight excluding hydrogens is 118 g/mol. The van der Waals surface area contributed by atoms with Crippen LogP contribution in [-0.2, 0) is 0 Å². The third kappa shape index (κ3) is 2.53. The maximum atomic E-state index is 2.92. The van der Waals surface area contributed by atoms with E-state index < -0.39 is 0 Å². The van der Waals surface area contributed by atoms with Gasteiger partial charge in [-0.3, -0.25) is 0 Å². The molecule has 0 saturated carbocycles. The Labute approximate surface area is 56.2 Å². The molecule has 0 aromatic carbocycles. The molecule has 0 fully saturated rings. The first-order valence-electron chi connectivity index (χ1n) is 2.24. The number of rotatable bonds is 0. The molecule has 1 aliphatic heterocycles. The van der Waals surface area contributed by atoms with E-state index in [1.54, 1.807) is 0 Å². The average molecular weight is 125 g/mol. The van der Waals surface area contributed by atoms with Crippen LogP contribution in [0.1, 0.15) is 0 Å². The van der Waals surface area contributed by atoms with Crippen molar-refractivity contribution in [3.8, 4) is 0 Å². The summed E-state index contributed by atoms with van der Waals surface area (Å²) in [6.45, 7) is 0. The van der Waals surface area contributed by atoms with Gasteiger partial charge in [-0.25, -0.2) is 0 Å². The fourth-order valence-corrected chi connectivity index (χ4v) is 0.406. The van der Waals surface area contributed by atoms with Crippen LogP contribution in [0.15, 0.2) is 36.7 Å². The van der Waals surface area contributed by atoms with E-state index in [9.17, 15) is 0 Å². The molecule has 1 nitrogen and oxygen atoms in total. The summed E-state index contributed by atoms with van der Waals surface area (Å²) in [6.07, 6.45) is 11.6. The van der Waals surface area contributed by atoms with E-state index in [1.807, 2.05) is 36.7 Å². The second-order valence-electron chi connectivity index (χ2n) is 1.27. The molecule has 2 heteroatoms. The summed E-state index contributed by atoms with van der Waals surface area (Å²) >= 11 is 0. The summed E-state index contributed by atoms with van der Waals surface area (Å²) < 4.78 is 0. The lowest BCUT2D eigenvalue weighted by molar-refractivity contribution is 1.20. The summed E-state index contributed by atoms with van der Waals surface area (Å²) in [5.74, 6) is 0. The minimum atomic E-state index is 0. The van der Waals surface area contributed by atoms with Crippen LogP contribution >= 0.6 is 13.5 Å². The molecule has 0 bridgehead atoms. The highest BCUT2D eigenvalue weighted by Gasteiger charge is 1.67. The Morgan fingerprint density at radius 2 is 1.25 bits per heavy atom. The van der Waals surface area contributed by atoms with Gasteiger partial charge in [-0.1, -0.05) is 12.2 Å². The molecule has 2 radical (unpaired) electrons. The molecular formula is C6H7NS. The summed E-state index contributed by atoms with van der Waals surface area (Å²) in [6, 6.07) is 0. The molecule has 1 N–H and O–H groups in total. The minimum absolute atomic E-state index is 0. The van der Waals surface area contributed by atoms with E-state index in [-0.39, 0.29) is 13.5 Å². The van der Waals surface area contributed by atoms with Crippen LogP contribution in [-0.4, -0.2) is 0 Å². The fraction of sp³-hybridized carbons (Fsp3) is 0. The molecule has 1 aliphatic rings. The van der Waals surface area contributed by atoms with Crippen LogP contribution in [0.2, 0.25) is 0 Å². The Balaban J connectivity index is 0.000000490. The van der Waals surface area contributed by atoms with Crippen molar-refractivity contribution in [2.75, 3.05) is 0 Å². The van der Waals surface area contributed by atoms with Gasteiger partial charge < -0.3 is 5.32 Å². The Bertz CT molecular complexity index is 110. The van der Waals surface area contributed by atoms with Gasteiger partial charge >= 0.3 is 0 Å². The van der Waals surface area contributed by atoms with Gasteiger partial charge in [0.05, 0.1) is 0 Å².